The van der Waals surface area contributed by atoms with Gasteiger partial charge in [0.1, 0.15) is 6.04 Å². The molecule has 0 saturated heterocycles. The predicted octanol–water partition coefficient (Wildman–Crippen LogP) is 1.14. The topological polar surface area (TPSA) is 122 Å². The first-order valence-electron chi connectivity index (χ1n) is 6.13. The van der Waals surface area contributed by atoms with Crippen LogP contribution in [0, 0.1) is 0 Å². The Morgan fingerprint density at radius 2 is 2.00 bits per heavy atom. The smallest absolute Gasteiger partial charge is 0.326 e. The van der Waals surface area contributed by atoms with Crippen LogP contribution in [0.2, 0.25) is 0 Å². The summed E-state index contributed by atoms with van der Waals surface area (Å²) in [6.07, 6.45) is -0.464. The summed E-state index contributed by atoms with van der Waals surface area (Å²) in [4.78, 5) is 33.4. The highest BCUT2D eigenvalue weighted by Crippen LogP contribution is 2.17. The van der Waals surface area contributed by atoms with Gasteiger partial charge in [0.2, 0.25) is 5.91 Å². The molecule has 0 aromatic heterocycles. The number of carboxylic acids is 1. The average molecular weight is 358 g/mol. The molecule has 7 nitrogen and oxygen atoms in total. The SMILES string of the molecule is CC(NC(=O)N[C@H](CC(N)=O)C(=O)O)c1cccc(Br)c1. The summed E-state index contributed by atoms with van der Waals surface area (Å²) in [5.41, 5.74) is 5.79. The van der Waals surface area contributed by atoms with Crippen molar-refractivity contribution < 1.29 is 19.5 Å². The molecule has 0 radical (unpaired) electrons. The number of carboxylic acid groups (broad SMARTS) is 1. The van der Waals surface area contributed by atoms with Gasteiger partial charge in [0.25, 0.3) is 0 Å². The summed E-state index contributed by atoms with van der Waals surface area (Å²) in [7, 11) is 0. The van der Waals surface area contributed by atoms with E-state index < -0.39 is 30.4 Å². The lowest BCUT2D eigenvalue weighted by molar-refractivity contribution is -0.140. The molecule has 1 aromatic rings. The van der Waals surface area contributed by atoms with Crippen molar-refractivity contribution in [2.45, 2.75) is 25.4 Å². The largest absolute Gasteiger partial charge is 0.480 e. The number of urea groups is 1. The minimum atomic E-state index is -1.35. The molecule has 3 amide bonds. The molecule has 0 bridgehead atoms. The molecule has 0 aliphatic heterocycles. The number of amides is 3. The molecule has 8 heteroatoms. The van der Waals surface area contributed by atoms with Crippen molar-refractivity contribution in [3.8, 4) is 0 Å². The predicted molar refractivity (Wildman–Crippen MR) is 79.5 cm³/mol. The van der Waals surface area contributed by atoms with Crippen LogP contribution >= 0.6 is 15.9 Å². The number of carbonyl (C=O) groups excluding carboxylic acids is 2. The maximum atomic E-state index is 11.8. The van der Waals surface area contributed by atoms with E-state index in [4.69, 9.17) is 10.8 Å². The Morgan fingerprint density at radius 3 is 2.52 bits per heavy atom. The van der Waals surface area contributed by atoms with Gasteiger partial charge in [-0.25, -0.2) is 9.59 Å². The Hall–Kier alpha value is -2.09. The van der Waals surface area contributed by atoms with Gasteiger partial charge in [-0.15, -0.1) is 0 Å². The van der Waals surface area contributed by atoms with Crippen LogP contribution in [0.15, 0.2) is 28.7 Å². The Balaban J connectivity index is 2.63. The van der Waals surface area contributed by atoms with Crippen LogP contribution in [0.3, 0.4) is 0 Å². The van der Waals surface area contributed by atoms with E-state index in [0.29, 0.717) is 0 Å². The van der Waals surface area contributed by atoms with Crippen molar-refractivity contribution in [3.05, 3.63) is 34.3 Å². The first-order valence-corrected chi connectivity index (χ1v) is 6.92. The van der Waals surface area contributed by atoms with Crippen molar-refractivity contribution in [1.82, 2.24) is 10.6 Å². The van der Waals surface area contributed by atoms with E-state index in [9.17, 15) is 14.4 Å². The van der Waals surface area contributed by atoms with Crippen LogP contribution in [-0.4, -0.2) is 29.1 Å². The Kier molecular flexibility index (Phi) is 6.16. The molecule has 5 N–H and O–H groups in total. The van der Waals surface area contributed by atoms with Crippen molar-refractivity contribution in [2.75, 3.05) is 0 Å². The molecule has 1 unspecified atom stereocenters. The van der Waals surface area contributed by atoms with Gasteiger partial charge in [-0.1, -0.05) is 28.1 Å². The maximum Gasteiger partial charge on any atom is 0.326 e. The van der Waals surface area contributed by atoms with Crippen LogP contribution in [-0.2, 0) is 9.59 Å². The quantitative estimate of drug-likeness (QED) is 0.609. The summed E-state index contributed by atoms with van der Waals surface area (Å²) >= 11 is 3.33. The lowest BCUT2D eigenvalue weighted by atomic mass is 10.1. The third kappa shape index (κ3) is 5.82. The second-order valence-corrected chi connectivity index (χ2v) is 5.37. The molecule has 2 atom stereocenters. The van der Waals surface area contributed by atoms with E-state index in [1.807, 2.05) is 24.3 Å². The van der Waals surface area contributed by atoms with Crippen LogP contribution in [0.4, 0.5) is 4.79 Å². The molecule has 0 spiro atoms. The highest BCUT2D eigenvalue weighted by atomic mass is 79.9. The monoisotopic (exact) mass is 357 g/mol. The van der Waals surface area contributed by atoms with Gasteiger partial charge in [0.15, 0.2) is 0 Å². The standard InChI is InChI=1S/C13H16BrN3O4/c1-7(8-3-2-4-9(14)5-8)16-13(21)17-10(12(19)20)6-11(15)18/h2-5,7,10H,6H2,1H3,(H2,15,18)(H,19,20)(H2,16,17,21)/t7?,10-/m1/s1. The molecular weight excluding hydrogens is 342 g/mol. The molecule has 0 aliphatic rings. The molecule has 1 aromatic carbocycles. The van der Waals surface area contributed by atoms with Gasteiger partial charge in [-0.2, -0.15) is 0 Å². The van der Waals surface area contributed by atoms with Gasteiger partial charge in [0.05, 0.1) is 12.5 Å². The van der Waals surface area contributed by atoms with Crippen LogP contribution in [0.25, 0.3) is 0 Å². The Morgan fingerprint density at radius 1 is 1.33 bits per heavy atom. The minimum Gasteiger partial charge on any atom is -0.480 e. The minimum absolute atomic E-state index is 0.328. The zero-order valence-electron chi connectivity index (χ0n) is 11.3. The highest BCUT2D eigenvalue weighted by Gasteiger charge is 2.22. The first-order chi connectivity index (χ1) is 9.79. The maximum absolute atomic E-state index is 11.8. The molecular formula is C13H16BrN3O4. The van der Waals surface area contributed by atoms with E-state index in [2.05, 4.69) is 26.6 Å². The summed E-state index contributed by atoms with van der Waals surface area (Å²) in [5.74, 6) is -2.12. The fraction of sp³-hybridized carbons (Fsp3) is 0.308. The molecule has 1 rings (SSSR count). The van der Waals surface area contributed by atoms with E-state index in [1.54, 1.807) is 6.92 Å². The van der Waals surface area contributed by atoms with E-state index >= 15 is 0 Å². The number of benzene rings is 1. The third-order valence-electron chi connectivity index (χ3n) is 2.71. The van der Waals surface area contributed by atoms with Gasteiger partial charge in [-0.3, -0.25) is 4.79 Å². The third-order valence-corrected chi connectivity index (χ3v) is 3.20. The zero-order valence-corrected chi connectivity index (χ0v) is 12.9. The van der Waals surface area contributed by atoms with Gasteiger partial charge in [0, 0.05) is 4.47 Å². The number of hydrogen-bond donors (Lipinski definition) is 4. The van der Waals surface area contributed by atoms with Crippen LogP contribution in [0.5, 0.6) is 0 Å². The summed E-state index contributed by atoms with van der Waals surface area (Å²) < 4.78 is 0.867. The van der Waals surface area contributed by atoms with Crippen molar-refractivity contribution in [3.63, 3.8) is 0 Å². The second kappa shape index (κ2) is 7.63. The Bertz CT molecular complexity index is 550. The summed E-state index contributed by atoms with van der Waals surface area (Å²) in [6.45, 7) is 1.76. The number of carbonyl (C=O) groups is 3. The van der Waals surface area contributed by atoms with Crippen molar-refractivity contribution in [2.24, 2.45) is 5.73 Å². The van der Waals surface area contributed by atoms with Crippen molar-refractivity contribution in [1.29, 1.82) is 0 Å². The van der Waals surface area contributed by atoms with Gasteiger partial charge < -0.3 is 21.5 Å². The molecule has 0 saturated carbocycles. The zero-order chi connectivity index (χ0) is 16.0. The number of aliphatic carboxylic acids is 1. The lowest BCUT2D eigenvalue weighted by Crippen LogP contribution is -2.48. The van der Waals surface area contributed by atoms with Gasteiger partial charge in [-0.05, 0) is 24.6 Å². The normalized spacial score (nSPS) is 13.0. The number of nitrogens with two attached hydrogens (primary N) is 1. The number of nitrogens with one attached hydrogen (secondary N) is 2. The molecule has 114 valence electrons. The fourth-order valence-electron chi connectivity index (χ4n) is 1.66. The first kappa shape index (κ1) is 17.0. The summed E-state index contributed by atoms with van der Waals surface area (Å²) in [5, 5.41) is 13.7. The molecule has 21 heavy (non-hydrogen) atoms. The Labute approximate surface area is 130 Å². The number of hydrogen-bond acceptors (Lipinski definition) is 3. The lowest BCUT2D eigenvalue weighted by Gasteiger charge is -2.18. The van der Waals surface area contributed by atoms with Gasteiger partial charge >= 0.3 is 12.0 Å². The average Bonchev–Trinajstić information content (AvgIpc) is 2.37. The van der Waals surface area contributed by atoms with E-state index in [-0.39, 0.29) is 6.04 Å². The number of rotatable bonds is 6. The number of halogens is 1. The molecule has 0 fully saturated rings. The van der Waals surface area contributed by atoms with E-state index in [1.165, 1.54) is 0 Å². The second-order valence-electron chi connectivity index (χ2n) is 4.46. The van der Waals surface area contributed by atoms with E-state index in [0.717, 1.165) is 10.0 Å². The molecule has 0 aliphatic carbocycles. The van der Waals surface area contributed by atoms with Crippen LogP contribution in [0.1, 0.15) is 24.9 Å². The summed E-state index contributed by atoms with van der Waals surface area (Å²) in [6, 6.07) is 4.97. The number of primary amides is 1. The molecule has 0 heterocycles. The fourth-order valence-corrected chi connectivity index (χ4v) is 2.07. The highest BCUT2D eigenvalue weighted by molar-refractivity contribution is 9.10. The van der Waals surface area contributed by atoms with Crippen molar-refractivity contribution >= 4 is 33.8 Å². The van der Waals surface area contributed by atoms with Crippen LogP contribution < -0.4 is 16.4 Å².